The van der Waals surface area contributed by atoms with E-state index in [1.807, 2.05) is 0 Å². The van der Waals surface area contributed by atoms with E-state index in [1.165, 1.54) is 25.7 Å². The average Bonchev–Trinajstić information content (AvgIpc) is 3.06. The van der Waals surface area contributed by atoms with Crippen LogP contribution in [0.25, 0.3) is 0 Å². The summed E-state index contributed by atoms with van der Waals surface area (Å²) in [5.74, 6) is 3.41. The minimum absolute atomic E-state index is 0.182. The molecular formula is C26H46O3Si. The molecule has 0 aromatic carbocycles. The molecule has 0 amide bonds. The molecule has 6 unspecified atom stereocenters. The largest absolute Gasteiger partial charge is 0.414 e. The molecule has 0 radical (unpaired) electrons. The molecule has 4 aliphatic carbocycles. The summed E-state index contributed by atoms with van der Waals surface area (Å²) in [5.41, 5.74) is 0.344. The second kappa shape index (κ2) is 7.69. The van der Waals surface area contributed by atoms with Crippen LogP contribution in [0.1, 0.15) is 86.0 Å². The van der Waals surface area contributed by atoms with Gasteiger partial charge >= 0.3 is 0 Å². The van der Waals surface area contributed by atoms with Crippen LogP contribution in [0.5, 0.6) is 0 Å². The Balaban J connectivity index is 1.50. The molecule has 4 fully saturated rings. The predicted molar refractivity (Wildman–Crippen MR) is 125 cm³/mol. The van der Waals surface area contributed by atoms with Gasteiger partial charge in [0.1, 0.15) is 5.78 Å². The van der Waals surface area contributed by atoms with E-state index in [9.17, 15) is 9.90 Å². The summed E-state index contributed by atoms with van der Waals surface area (Å²) in [5, 5.41) is 11.6. The van der Waals surface area contributed by atoms with Gasteiger partial charge in [0.25, 0.3) is 0 Å². The highest BCUT2D eigenvalue weighted by Crippen LogP contribution is 2.64. The quantitative estimate of drug-likeness (QED) is 0.537. The highest BCUT2D eigenvalue weighted by atomic mass is 28.4. The molecule has 3 nitrogen and oxygen atoms in total. The van der Waals surface area contributed by atoms with Gasteiger partial charge in [-0.3, -0.25) is 4.79 Å². The number of rotatable bonds is 3. The van der Waals surface area contributed by atoms with E-state index in [2.05, 4.69) is 40.8 Å². The Morgan fingerprint density at radius 3 is 2.33 bits per heavy atom. The Bertz CT molecular complexity index is 668. The van der Waals surface area contributed by atoms with Crippen molar-refractivity contribution >= 4 is 14.1 Å². The van der Waals surface area contributed by atoms with E-state index >= 15 is 0 Å². The lowest BCUT2D eigenvalue weighted by Gasteiger charge is -2.61. The maximum absolute atomic E-state index is 12.2. The second-order valence-electron chi connectivity index (χ2n) is 13.2. The van der Waals surface area contributed by atoms with E-state index in [4.69, 9.17) is 4.43 Å². The van der Waals surface area contributed by atoms with Crippen LogP contribution in [-0.2, 0) is 9.22 Å². The third-order valence-corrected chi connectivity index (χ3v) is 15.3. The lowest BCUT2D eigenvalue weighted by Crippen LogP contribution is -2.57. The summed E-state index contributed by atoms with van der Waals surface area (Å²) in [7, 11) is -1.76. The number of carbonyl (C=O) groups excluding carboxylic acids is 1. The highest BCUT2D eigenvalue weighted by molar-refractivity contribution is 6.74. The first kappa shape index (κ1) is 23.0. The van der Waals surface area contributed by atoms with Crippen molar-refractivity contribution in [2.75, 3.05) is 0 Å². The predicted octanol–water partition coefficient (Wildman–Crippen LogP) is 6.21. The number of ketones is 1. The third kappa shape index (κ3) is 3.67. The number of carbonyl (C=O) groups is 1. The monoisotopic (exact) mass is 434 g/mol. The van der Waals surface area contributed by atoms with Crippen molar-refractivity contribution in [1.82, 2.24) is 0 Å². The van der Waals surface area contributed by atoms with Crippen LogP contribution in [-0.4, -0.2) is 31.4 Å². The summed E-state index contributed by atoms with van der Waals surface area (Å²) in [4.78, 5) is 12.2. The van der Waals surface area contributed by atoms with Crippen molar-refractivity contribution in [2.24, 2.45) is 40.9 Å². The van der Waals surface area contributed by atoms with Gasteiger partial charge in [-0.15, -0.1) is 0 Å². The fourth-order valence-corrected chi connectivity index (χ4v) is 9.47. The molecule has 4 heteroatoms. The summed E-state index contributed by atoms with van der Waals surface area (Å²) in [6, 6.07) is 0. The zero-order chi connectivity index (χ0) is 22.1. The Morgan fingerprint density at radius 2 is 1.70 bits per heavy atom. The maximum Gasteiger partial charge on any atom is 0.192 e. The average molecular weight is 435 g/mol. The number of fused-ring (bicyclic) bond motifs is 5. The molecule has 0 bridgehead atoms. The van der Waals surface area contributed by atoms with Crippen LogP contribution in [0.15, 0.2) is 0 Å². The zero-order valence-corrected chi connectivity index (χ0v) is 21.5. The molecule has 4 saturated carbocycles. The number of aliphatic hydroxyl groups excluding tert-OH is 1. The molecule has 172 valence electrons. The number of hydrogen-bond acceptors (Lipinski definition) is 3. The lowest BCUT2D eigenvalue weighted by atomic mass is 9.46. The first-order valence-corrected chi connectivity index (χ1v) is 15.6. The summed E-state index contributed by atoms with van der Waals surface area (Å²) >= 11 is 0. The molecule has 1 N–H and O–H groups in total. The van der Waals surface area contributed by atoms with Gasteiger partial charge in [-0.05, 0) is 111 Å². The smallest absolute Gasteiger partial charge is 0.192 e. The van der Waals surface area contributed by atoms with Gasteiger partial charge in [0.15, 0.2) is 8.32 Å². The van der Waals surface area contributed by atoms with Crippen LogP contribution < -0.4 is 0 Å². The van der Waals surface area contributed by atoms with Crippen LogP contribution in [0.3, 0.4) is 0 Å². The van der Waals surface area contributed by atoms with Gasteiger partial charge in [0, 0.05) is 12.0 Å². The molecule has 0 spiro atoms. The van der Waals surface area contributed by atoms with Crippen molar-refractivity contribution in [3.8, 4) is 0 Å². The van der Waals surface area contributed by atoms with Gasteiger partial charge in [0.05, 0.1) is 6.10 Å². The van der Waals surface area contributed by atoms with Crippen molar-refractivity contribution in [1.29, 1.82) is 0 Å². The fourth-order valence-electron chi connectivity index (χ4n) is 8.07. The van der Waals surface area contributed by atoms with Gasteiger partial charge < -0.3 is 9.53 Å². The topological polar surface area (TPSA) is 46.5 Å². The van der Waals surface area contributed by atoms with Crippen molar-refractivity contribution < 1.29 is 14.3 Å². The Hall–Kier alpha value is -0.193. The van der Waals surface area contributed by atoms with E-state index in [-0.39, 0.29) is 17.1 Å². The molecule has 4 aliphatic rings. The summed E-state index contributed by atoms with van der Waals surface area (Å²) in [6.07, 6.45) is 9.34. The van der Waals surface area contributed by atoms with E-state index in [0.29, 0.717) is 46.9 Å². The summed E-state index contributed by atoms with van der Waals surface area (Å²) < 4.78 is 6.84. The van der Waals surface area contributed by atoms with E-state index in [0.717, 1.165) is 25.7 Å². The van der Waals surface area contributed by atoms with Crippen molar-refractivity contribution in [3.63, 3.8) is 0 Å². The first-order chi connectivity index (χ1) is 13.8. The normalized spacial score (nSPS) is 46.7. The molecule has 9 atom stereocenters. The molecular weight excluding hydrogens is 388 g/mol. The Labute approximate surface area is 185 Å². The van der Waals surface area contributed by atoms with Crippen LogP contribution in [0.4, 0.5) is 0 Å². The Kier molecular flexibility index (Phi) is 5.89. The van der Waals surface area contributed by atoms with E-state index < -0.39 is 8.32 Å². The van der Waals surface area contributed by atoms with Crippen molar-refractivity contribution in [2.45, 2.75) is 116 Å². The number of aliphatic hydroxyl groups is 1. The highest BCUT2D eigenvalue weighted by Gasteiger charge is 2.60. The minimum Gasteiger partial charge on any atom is -0.414 e. The molecule has 0 aliphatic heterocycles. The zero-order valence-electron chi connectivity index (χ0n) is 20.5. The second-order valence-corrected chi connectivity index (χ2v) is 17.9. The van der Waals surface area contributed by atoms with Crippen LogP contribution in [0, 0.1) is 40.9 Å². The number of hydrogen-bond donors (Lipinski definition) is 1. The molecule has 0 aromatic rings. The van der Waals surface area contributed by atoms with Gasteiger partial charge in [-0.2, -0.15) is 0 Å². The van der Waals surface area contributed by atoms with Crippen LogP contribution >= 0.6 is 0 Å². The maximum atomic E-state index is 12.2. The fraction of sp³-hybridized carbons (Fsp3) is 0.962. The van der Waals surface area contributed by atoms with Gasteiger partial charge in [0.2, 0.25) is 0 Å². The molecule has 30 heavy (non-hydrogen) atoms. The number of Topliss-reactive ketones (excluding diaryl/α,β-unsaturated/α-hetero) is 1. The minimum atomic E-state index is -1.76. The van der Waals surface area contributed by atoms with Gasteiger partial charge in [-0.25, -0.2) is 0 Å². The third-order valence-electron chi connectivity index (χ3n) is 10.7. The Morgan fingerprint density at radius 1 is 1.03 bits per heavy atom. The van der Waals surface area contributed by atoms with Crippen LogP contribution in [0.2, 0.25) is 18.1 Å². The molecule has 0 saturated heterocycles. The van der Waals surface area contributed by atoms with Crippen molar-refractivity contribution in [3.05, 3.63) is 0 Å². The first-order valence-electron chi connectivity index (χ1n) is 12.7. The van der Waals surface area contributed by atoms with E-state index in [1.54, 1.807) is 6.92 Å². The SMILES string of the molecule is CC(=O)C1CCC2C1CCC1C2[C@H](O)CC2C[C@H](O[Si](C)(C)C(C)(C)C)CC[C@@]21C. The van der Waals surface area contributed by atoms with Gasteiger partial charge in [-0.1, -0.05) is 27.7 Å². The standard InChI is InChI=1S/C26H46O3Si/c1-16(27)19-8-9-21-20(19)10-11-22-24(21)23(28)15-17-14-18(12-13-26(17,22)5)29-30(6,7)25(2,3)4/h17-24,28H,8-15H2,1-7H3/t17?,18-,19?,20?,21?,22?,23-,24?,26+/m1/s1. The molecule has 0 aromatic heterocycles. The molecule has 4 rings (SSSR count). The lowest BCUT2D eigenvalue weighted by molar-refractivity contribution is -0.157. The summed E-state index contributed by atoms with van der Waals surface area (Å²) in [6.45, 7) is 16.1. The molecule has 0 heterocycles.